The van der Waals surface area contributed by atoms with Crippen molar-refractivity contribution in [2.75, 3.05) is 0 Å². The van der Waals surface area contributed by atoms with Crippen LogP contribution in [0.15, 0.2) is 11.8 Å². The number of hydrogen-bond donors (Lipinski definition) is 2. The number of nitrogens with one attached hydrogen (secondary N) is 1. The average Bonchev–Trinajstić information content (AvgIpc) is 1.83. The number of carboxylic acid groups (broad SMARTS) is 1. The van der Waals surface area contributed by atoms with Crippen LogP contribution >= 0.6 is 0 Å². The van der Waals surface area contributed by atoms with Crippen LogP contribution in [0.3, 0.4) is 0 Å². The third-order valence-electron chi connectivity index (χ3n) is 1.22. The quantitative estimate of drug-likeness (QED) is 0.616. The topological polar surface area (TPSA) is 66.4 Å². The Balaban J connectivity index is 4.44. The second-order valence-corrected chi connectivity index (χ2v) is 2.77. The first kappa shape index (κ1) is 10.7. The molecule has 4 nitrogen and oxygen atoms in total. The van der Waals surface area contributed by atoms with Crippen LogP contribution in [0.5, 0.6) is 0 Å². The molecule has 0 aromatic heterocycles. The molecule has 0 aliphatic rings. The fraction of sp³-hybridized carbons (Fsp3) is 0.500. The summed E-state index contributed by atoms with van der Waals surface area (Å²) in [5.74, 6) is -1.30. The second-order valence-electron chi connectivity index (χ2n) is 2.77. The molecule has 0 saturated carbocycles. The molecule has 0 aromatic carbocycles. The SMILES string of the molecule is CC(=O)N/C(=C\C(=O)O)C(C)C. The van der Waals surface area contributed by atoms with Crippen molar-refractivity contribution in [2.24, 2.45) is 5.92 Å². The number of carbonyl (C=O) groups excluding carboxylic acids is 1. The van der Waals surface area contributed by atoms with Crippen LogP contribution < -0.4 is 5.32 Å². The number of rotatable bonds is 3. The first-order valence-corrected chi connectivity index (χ1v) is 3.65. The summed E-state index contributed by atoms with van der Waals surface area (Å²) in [5, 5.41) is 10.9. The Hall–Kier alpha value is -1.32. The van der Waals surface area contributed by atoms with E-state index in [9.17, 15) is 9.59 Å². The van der Waals surface area contributed by atoms with Crippen molar-refractivity contribution < 1.29 is 14.7 Å². The largest absolute Gasteiger partial charge is 0.478 e. The normalized spacial score (nSPS) is 11.5. The molecule has 0 bridgehead atoms. The van der Waals surface area contributed by atoms with Crippen molar-refractivity contribution in [1.29, 1.82) is 0 Å². The molecule has 0 atom stereocenters. The summed E-state index contributed by atoms with van der Waals surface area (Å²) in [6.45, 7) is 4.97. The molecular weight excluding hydrogens is 158 g/mol. The van der Waals surface area contributed by atoms with Gasteiger partial charge in [-0.15, -0.1) is 0 Å². The summed E-state index contributed by atoms with van der Waals surface area (Å²) in [6, 6.07) is 0. The zero-order valence-corrected chi connectivity index (χ0v) is 7.42. The van der Waals surface area contributed by atoms with Gasteiger partial charge in [0.25, 0.3) is 0 Å². The van der Waals surface area contributed by atoms with Crippen LogP contribution in [-0.2, 0) is 9.59 Å². The summed E-state index contributed by atoms with van der Waals surface area (Å²) >= 11 is 0. The van der Waals surface area contributed by atoms with E-state index in [1.165, 1.54) is 6.92 Å². The Bertz CT molecular complexity index is 218. The lowest BCUT2D eigenvalue weighted by atomic mass is 10.1. The molecule has 2 N–H and O–H groups in total. The molecule has 0 unspecified atom stereocenters. The molecule has 0 aliphatic carbocycles. The van der Waals surface area contributed by atoms with E-state index in [0.717, 1.165) is 6.08 Å². The smallest absolute Gasteiger partial charge is 0.330 e. The highest BCUT2D eigenvalue weighted by Crippen LogP contribution is 2.04. The summed E-state index contributed by atoms with van der Waals surface area (Å²) in [7, 11) is 0. The average molecular weight is 171 g/mol. The minimum absolute atomic E-state index is 0.00463. The number of hydrogen-bond acceptors (Lipinski definition) is 2. The summed E-state index contributed by atoms with van der Waals surface area (Å²) < 4.78 is 0. The highest BCUT2D eigenvalue weighted by atomic mass is 16.4. The van der Waals surface area contributed by atoms with Gasteiger partial charge in [-0.2, -0.15) is 0 Å². The van der Waals surface area contributed by atoms with Crippen LogP contribution in [0.2, 0.25) is 0 Å². The van der Waals surface area contributed by atoms with Gasteiger partial charge < -0.3 is 10.4 Å². The number of carboxylic acids is 1. The number of allylic oxidation sites excluding steroid dienone is 1. The maximum atomic E-state index is 10.6. The standard InChI is InChI=1S/C8H13NO3/c1-5(2)7(4-8(11)12)9-6(3)10/h4-5H,1-3H3,(H,9,10)(H,11,12)/b7-4-. The minimum Gasteiger partial charge on any atom is -0.478 e. The lowest BCUT2D eigenvalue weighted by Gasteiger charge is -2.09. The Labute approximate surface area is 71.3 Å². The Kier molecular flexibility index (Phi) is 4.04. The number of carbonyl (C=O) groups is 2. The highest BCUT2D eigenvalue weighted by molar-refractivity contribution is 5.83. The Morgan fingerprint density at radius 3 is 2.17 bits per heavy atom. The molecule has 4 heteroatoms. The van der Waals surface area contributed by atoms with E-state index in [-0.39, 0.29) is 11.8 Å². The van der Waals surface area contributed by atoms with Gasteiger partial charge in [-0.05, 0) is 5.92 Å². The molecule has 0 spiro atoms. The van der Waals surface area contributed by atoms with Gasteiger partial charge in [0.15, 0.2) is 0 Å². The van der Waals surface area contributed by atoms with Gasteiger partial charge in [-0.3, -0.25) is 4.79 Å². The maximum Gasteiger partial charge on any atom is 0.330 e. The molecule has 12 heavy (non-hydrogen) atoms. The Morgan fingerprint density at radius 1 is 1.42 bits per heavy atom. The van der Waals surface area contributed by atoms with Crippen LogP contribution in [-0.4, -0.2) is 17.0 Å². The fourth-order valence-corrected chi connectivity index (χ4v) is 0.683. The number of amides is 1. The van der Waals surface area contributed by atoms with Gasteiger partial charge in [0.2, 0.25) is 5.91 Å². The first-order chi connectivity index (χ1) is 5.43. The van der Waals surface area contributed by atoms with Crippen LogP contribution in [0, 0.1) is 5.92 Å². The van der Waals surface area contributed by atoms with Crippen molar-refractivity contribution >= 4 is 11.9 Å². The molecule has 0 heterocycles. The predicted molar refractivity (Wildman–Crippen MR) is 44.4 cm³/mol. The molecule has 0 aliphatic heterocycles. The lowest BCUT2D eigenvalue weighted by molar-refractivity contribution is -0.131. The number of aliphatic carboxylic acids is 1. The maximum absolute atomic E-state index is 10.6. The predicted octanol–water partition coefficient (Wildman–Crippen LogP) is 0.747. The van der Waals surface area contributed by atoms with E-state index >= 15 is 0 Å². The lowest BCUT2D eigenvalue weighted by Crippen LogP contribution is -2.23. The van der Waals surface area contributed by atoms with Crippen LogP contribution in [0.4, 0.5) is 0 Å². The Morgan fingerprint density at radius 2 is 1.92 bits per heavy atom. The van der Waals surface area contributed by atoms with Crippen molar-refractivity contribution in [1.82, 2.24) is 5.32 Å². The van der Waals surface area contributed by atoms with E-state index in [4.69, 9.17) is 5.11 Å². The van der Waals surface area contributed by atoms with E-state index in [1.807, 2.05) is 13.8 Å². The fourth-order valence-electron chi connectivity index (χ4n) is 0.683. The van der Waals surface area contributed by atoms with E-state index in [1.54, 1.807) is 0 Å². The van der Waals surface area contributed by atoms with Gasteiger partial charge in [0, 0.05) is 18.7 Å². The third kappa shape index (κ3) is 4.49. The molecule has 1 amide bonds. The van der Waals surface area contributed by atoms with Gasteiger partial charge >= 0.3 is 5.97 Å². The second kappa shape index (κ2) is 4.54. The minimum atomic E-state index is -1.05. The molecule has 0 aromatic rings. The summed E-state index contributed by atoms with van der Waals surface area (Å²) in [6.07, 6.45) is 1.01. The van der Waals surface area contributed by atoms with Crippen molar-refractivity contribution in [3.8, 4) is 0 Å². The molecule has 68 valence electrons. The zero-order chi connectivity index (χ0) is 9.72. The van der Waals surface area contributed by atoms with Crippen molar-refractivity contribution in [2.45, 2.75) is 20.8 Å². The molecule has 0 rings (SSSR count). The summed E-state index contributed by atoms with van der Waals surface area (Å²) in [5.41, 5.74) is 0.426. The molecular formula is C8H13NO3. The highest BCUT2D eigenvalue weighted by Gasteiger charge is 2.06. The summed E-state index contributed by atoms with van der Waals surface area (Å²) in [4.78, 5) is 20.9. The van der Waals surface area contributed by atoms with Gasteiger partial charge in [0.05, 0.1) is 0 Å². The van der Waals surface area contributed by atoms with E-state index in [0.29, 0.717) is 5.70 Å². The monoisotopic (exact) mass is 171 g/mol. The van der Waals surface area contributed by atoms with E-state index in [2.05, 4.69) is 5.32 Å². The van der Waals surface area contributed by atoms with Crippen LogP contribution in [0.25, 0.3) is 0 Å². The molecule has 0 radical (unpaired) electrons. The van der Waals surface area contributed by atoms with Gasteiger partial charge in [-0.1, -0.05) is 13.8 Å². The first-order valence-electron chi connectivity index (χ1n) is 3.65. The van der Waals surface area contributed by atoms with Crippen molar-refractivity contribution in [3.05, 3.63) is 11.8 Å². The van der Waals surface area contributed by atoms with Crippen LogP contribution in [0.1, 0.15) is 20.8 Å². The molecule has 0 fully saturated rings. The zero-order valence-electron chi connectivity index (χ0n) is 7.42. The van der Waals surface area contributed by atoms with Gasteiger partial charge in [0.1, 0.15) is 0 Å². The van der Waals surface area contributed by atoms with Crippen molar-refractivity contribution in [3.63, 3.8) is 0 Å². The third-order valence-corrected chi connectivity index (χ3v) is 1.22. The van der Waals surface area contributed by atoms with E-state index < -0.39 is 5.97 Å². The van der Waals surface area contributed by atoms with Gasteiger partial charge in [-0.25, -0.2) is 4.79 Å². The molecule has 0 saturated heterocycles.